The van der Waals surface area contributed by atoms with E-state index in [1.54, 1.807) is 25.7 Å². The van der Waals surface area contributed by atoms with E-state index in [9.17, 15) is 19.5 Å². The summed E-state index contributed by atoms with van der Waals surface area (Å²) >= 11 is 0. The number of alkyl carbamates (subject to hydrolysis) is 1. The molecule has 4 rings (SSSR count). The van der Waals surface area contributed by atoms with Gasteiger partial charge in [0.25, 0.3) is 0 Å². The third-order valence-electron chi connectivity index (χ3n) is 6.43. The predicted octanol–water partition coefficient (Wildman–Crippen LogP) is 3.43. The normalized spacial score (nSPS) is 17.9. The number of amides is 2. The zero-order valence-corrected chi connectivity index (χ0v) is 20.3. The van der Waals surface area contributed by atoms with Gasteiger partial charge in [-0.3, -0.25) is 0 Å². The minimum Gasteiger partial charge on any atom is -0.548 e. The van der Waals surface area contributed by atoms with Gasteiger partial charge in [-0.25, -0.2) is 9.59 Å². The maximum absolute atomic E-state index is 13.0. The monoisotopic (exact) mass is 479 g/mol. The Morgan fingerprint density at radius 3 is 2.23 bits per heavy atom. The number of carbonyl (C=O) groups excluding carboxylic acids is 3. The number of nitrogens with zero attached hydrogens (tertiary/aromatic N) is 1. The van der Waals surface area contributed by atoms with Crippen molar-refractivity contribution in [3.8, 4) is 11.1 Å². The van der Waals surface area contributed by atoms with Gasteiger partial charge in [0.2, 0.25) is 0 Å². The van der Waals surface area contributed by atoms with Crippen LogP contribution in [0.15, 0.2) is 48.5 Å². The highest BCUT2D eigenvalue weighted by atomic mass is 16.6. The molecule has 0 saturated carbocycles. The molecule has 2 aliphatic rings. The summed E-state index contributed by atoms with van der Waals surface area (Å²) in [7, 11) is 0. The summed E-state index contributed by atoms with van der Waals surface area (Å²) in [5.74, 6) is -1.48. The molecule has 1 heterocycles. The van der Waals surface area contributed by atoms with Gasteiger partial charge >= 0.3 is 12.2 Å². The number of carboxylic acid groups (broad SMARTS) is 1. The van der Waals surface area contributed by atoms with Crippen LogP contribution < -0.4 is 10.4 Å². The minimum absolute atomic E-state index is 0.0196. The fourth-order valence-corrected chi connectivity index (χ4v) is 4.93. The van der Waals surface area contributed by atoms with Crippen molar-refractivity contribution in [3.05, 3.63) is 59.7 Å². The molecule has 1 saturated heterocycles. The van der Waals surface area contributed by atoms with Crippen molar-refractivity contribution in [3.63, 3.8) is 0 Å². The van der Waals surface area contributed by atoms with Gasteiger partial charge in [0.15, 0.2) is 0 Å². The maximum Gasteiger partial charge on any atom is 0.410 e. The van der Waals surface area contributed by atoms with Gasteiger partial charge in [-0.05, 0) is 62.3 Å². The summed E-state index contributed by atoms with van der Waals surface area (Å²) in [5.41, 5.74) is 3.78. The Balaban J connectivity index is 1.40. The highest BCUT2D eigenvalue weighted by Gasteiger charge is 2.35. The van der Waals surface area contributed by atoms with Crippen molar-refractivity contribution in [2.24, 2.45) is 0 Å². The number of likely N-dealkylation sites (tertiary alicyclic amines) is 1. The van der Waals surface area contributed by atoms with Crippen LogP contribution in [0.5, 0.6) is 0 Å². The first-order valence-electron chi connectivity index (χ1n) is 12.0. The van der Waals surface area contributed by atoms with E-state index in [-0.39, 0.29) is 25.0 Å². The van der Waals surface area contributed by atoms with Crippen LogP contribution in [0.25, 0.3) is 11.1 Å². The molecule has 1 aliphatic carbocycles. The van der Waals surface area contributed by atoms with E-state index in [0.717, 1.165) is 28.7 Å². The van der Waals surface area contributed by atoms with Crippen molar-refractivity contribution >= 4 is 18.2 Å². The largest absolute Gasteiger partial charge is 0.548 e. The first-order chi connectivity index (χ1) is 16.6. The number of rotatable bonds is 6. The quantitative estimate of drug-likeness (QED) is 0.680. The Hall–Kier alpha value is -3.55. The van der Waals surface area contributed by atoms with Crippen molar-refractivity contribution < 1.29 is 29.0 Å². The highest BCUT2D eigenvalue weighted by molar-refractivity contribution is 5.80. The van der Waals surface area contributed by atoms with Crippen LogP contribution in [-0.2, 0) is 14.3 Å². The highest BCUT2D eigenvalue weighted by Crippen LogP contribution is 2.44. The zero-order chi connectivity index (χ0) is 25.2. The molecule has 1 N–H and O–H groups in total. The first-order valence-corrected chi connectivity index (χ1v) is 12.0. The number of fused-ring (bicyclic) bond motifs is 3. The SMILES string of the molecule is CC(C)(C)OC(=O)N[C@H](C[C@H]1CCCN1C(=O)OCC1c2ccccc2-c2ccccc21)C(=O)[O-]. The summed E-state index contributed by atoms with van der Waals surface area (Å²) in [4.78, 5) is 38.3. The molecule has 0 aromatic heterocycles. The second-order valence-electron chi connectivity index (χ2n) is 10.0. The average Bonchev–Trinajstić information content (AvgIpc) is 3.38. The molecule has 0 unspecified atom stereocenters. The van der Waals surface area contributed by atoms with Crippen LogP contribution in [0.4, 0.5) is 9.59 Å². The van der Waals surface area contributed by atoms with Gasteiger partial charge in [0, 0.05) is 18.5 Å². The van der Waals surface area contributed by atoms with E-state index in [2.05, 4.69) is 29.6 Å². The smallest absolute Gasteiger partial charge is 0.410 e. The van der Waals surface area contributed by atoms with Gasteiger partial charge in [-0.15, -0.1) is 0 Å². The van der Waals surface area contributed by atoms with E-state index < -0.39 is 29.8 Å². The second kappa shape index (κ2) is 9.98. The Labute approximate surface area is 205 Å². The first kappa shape index (κ1) is 24.6. The molecular formula is C27H31N2O6-. The summed E-state index contributed by atoms with van der Waals surface area (Å²) in [6.45, 7) is 5.73. The number of hydrogen-bond acceptors (Lipinski definition) is 6. The van der Waals surface area contributed by atoms with E-state index in [1.165, 1.54) is 0 Å². The molecule has 8 heteroatoms. The number of nitrogens with one attached hydrogen (secondary N) is 1. The average molecular weight is 480 g/mol. The Morgan fingerprint density at radius 2 is 1.66 bits per heavy atom. The van der Waals surface area contributed by atoms with E-state index >= 15 is 0 Å². The van der Waals surface area contributed by atoms with Crippen molar-refractivity contribution in [2.75, 3.05) is 13.2 Å². The summed E-state index contributed by atoms with van der Waals surface area (Å²) in [6, 6.07) is 14.5. The summed E-state index contributed by atoms with van der Waals surface area (Å²) in [6.07, 6.45) is 0.0395. The van der Waals surface area contributed by atoms with Gasteiger partial charge in [-0.1, -0.05) is 48.5 Å². The van der Waals surface area contributed by atoms with Crippen LogP contribution in [0.2, 0.25) is 0 Å². The predicted molar refractivity (Wildman–Crippen MR) is 128 cm³/mol. The lowest BCUT2D eigenvalue weighted by molar-refractivity contribution is -0.308. The lowest BCUT2D eigenvalue weighted by Crippen LogP contribution is -2.52. The van der Waals surface area contributed by atoms with Crippen molar-refractivity contribution in [1.82, 2.24) is 10.2 Å². The summed E-state index contributed by atoms with van der Waals surface area (Å²) in [5, 5.41) is 14.0. The molecule has 2 atom stereocenters. The molecule has 0 bridgehead atoms. The molecule has 2 aromatic rings. The fraction of sp³-hybridized carbons (Fsp3) is 0.444. The molecule has 0 spiro atoms. The standard InChI is InChI=1S/C27H32N2O6/c1-27(2,3)35-25(32)28-23(24(30)31)15-17-9-8-14-29(17)26(33)34-16-22-20-12-6-4-10-18(20)19-11-5-7-13-21(19)22/h4-7,10-13,17,22-23H,8-9,14-16H2,1-3H3,(H,28,32)(H,30,31)/p-1/t17-,23-/m1/s1. The van der Waals surface area contributed by atoms with Gasteiger partial charge in [-0.2, -0.15) is 0 Å². The van der Waals surface area contributed by atoms with Gasteiger partial charge in [0.05, 0.1) is 12.0 Å². The van der Waals surface area contributed by atoms with Crippen molar-refractivity contribution in [1.29, 1.82) is 0 Å². The third-order valence-corrected chi connectivity index (χ3v) is 6.43. The maximum atomic E-state index is 13.0. The molecule has 2 amide bonds. The minimum atomic E-state index is -1.42. The Morgan fingerprint density at radius 1 is 1.06 bits per heavy atom. The van der Waals surface area contributed by atoms with Crippen LogP contribution in [0, 0.1) is 0 Å². The zero-order valence-electron chi connectivity index (χ0n) is 20.3. The third kappa shape index (κ3) is 5.58. The van der Waals surface area contributed by atoms with Crippen LogP contribution in [0.1, 0.15) is 57.1 Å². The molecule has 1 fully saturated rings. The molecule has 0 radical (unpaired) electrons. The fourth-order valence-electron chi connectivity index (χ4n) is 4.93. The number of carbonyl (C=O) groups is 3. The van der Waals surface area contributed by atoms with Gasteiger partial charge in [0.1, 0.15) is 12.2 Å². The van der Waals surface area contributed by atoms with E-state index in [0.29, 0.717) is 13.0 Å². The Kier molecular flexibility index (Phi) is 7.00. The summed E-state index contributed by atoms with van der Waals surface area (Å²) < 4.78 is 10.9. The Bertz CT molecular complexity index is 1060. The molecule has 2 aromatic carbocycles. The lowest BCUT2D eigenvalue weighted by atomic mass is 9.98. The van der Waals surface area contributed by atoms with Crippen LogP contribution in [-0.4, -0.2) is 53.9 Å². The number of aliphatic carboxylic acids is 1. The molecule has 8 nitrogen and oxygen atoms in total. The lowest BCUT2D eigenvalue weighted by Gasteiger charge is -2.30. The van der Waals surface area contributed by atoms with Gasteiger partial charge < -0.3 is 29.6 Å². The number of ether oxygens (including phenoxy) is 2. The number of benzene rings is 2. The van der Waals surface area contributed by atoms with E-state index in [1.807, 2.05) is 24.3 Å². The molecular weight excluding hydrogens is 448 g/mol. The molecule has 35 heavy (non-hydrogen) atoms. The number of hydrogen-bond donors (Lipinski definition) is 1. The van der Waals surface area contributed by atoms with Crippen molar-refractivity contribution in [2.45, 2.75) is 63.6 Å². The number of carboxylic acids is 1. The van der Waals surface area contributed by atoms with Crippen LogP contribution >= 0.6 is 0 Å². The molecule has 1 aliphatic heterocycles. The second-order valence-corrected chi connectivity index (χ2v) is 10.0. The van der Waals surface area contributed by atoms with Crippen LogP contribution in [0.3, 0.4) is 0 Å². The van der Waals surface area contributed by atoms with E-state index in [4.69, 9.17) is 9.47 Å². The topological polar surface area (TPSA) is 108 Å². The molecule has 186 valence electrons.